The summed E-state index contributed by atoms with van der Waals surface area (Å²) in [5.74, 6) is -1.40. The van der Waals surface area contributed by atoms with E-state index in [2.05, 4.69) is 5.32 Å². The van der Waals surface area contributed by atoms with Crippen LogP contribution in [-0.2, 0) is 9.59 Å². The third-order valence-corrected chi connectivity index (χ3v) is 3.90. The minimum atomic E-state index is -1.02. The number of carboxylic acids is 1. The number of hydrogen-bond acceptors (Lipinski definition) is 3. The number of carbonyl (C=O) groups is 2. The molecule has 0 radical (unpaired) electrons. The van der Waals surface area contributed by atoms with Gasteiger partial charge < -0.3 is 10.4 Å². The maximum absolute atomic E-state index is 12.9. The molecule has 1 rings (SSSR count). The molecule has 0 aliphatic rings. The molecule has 0 heterocycles. The second kappa shape index (κ2) is 7.45. The Morgan fingerprint density at radius 3 is 2.33 bits per heavy atom. The fraction of sp³-hybridized carbons (Fsp3) is 0.467. The lowest BCUT2D eigenvalue weighted by molar-refractivity contribution is -0.137. The molecule has 0 fully saturated rings. The van der Waals surface area contributed by atoms with Gasteiger partial charge in [-0.2, -0.15) is 0 Å². The predicted octanol–water partition coefficient (Wildman–Crippen LogP) is 2.99. The molecule has 1 atom stereocenters. The van der Waals surface area contributed by atoms with Gasteiger partial charge in [0.25, 0.3) is 0 Å². The maximum atomic E-state index is 12.9. The molecule has 0 spiro atoms. The highest BCUT2D eigenvalue weighted by Crippen LogP contribution is 2.23. The smallest absolute Gasteiger partial charge is 0.305 e. The molecule has 0 aromatic heterocycles. The van der Waals surface area contributed by atoms with E-state index in [4.69, 9.17) is 5.11 Å². The summed E-state index contributed by atoms with van der Waals surface area (Å²) in [5.41, 5.74) is 0.577. The van der Waals surface area contributed by atoms with E-state index in [0.29, 0.717) is 5.56 Å². The molecule has 0 aliphatic carbocycles. The third kappa shape index (κ3) is 7.13. The lowest BCUT2D eigenvalue weighted by Crippen LogP contribution is -2.32. The van der Waals surface area contributed by atoms with Crippen molar-refractivity contribution in [3.63, 3.8) is 0 Å². The molecule has 21 heavy (non-hydrogen) atoms. The average molecular weight is 313 g/mol. The van der Waals surface area contributed by atoms with Gasteiger partial charge in [-0.3, -0.25) is 9.59 Å². The van der Waals surface area contributed by atoms with Gasteiger partial charge in [0.15, 0.2) is 0 Å². The topological polar surface area (TPSA) is 66.4 Å². The molecule has 116 valence electrons. The summed E-state index contributed by atoms with van der Waals surface area (Å²) in [5, 5.41) is 11.6. The number of aliphatic carboxylic acids is 1. The number of rotatable bonds is 6. The summed E-state index contributed by atoms with van der Waals surface area (Å²) in [7, 11) is 0. The number of halogens is 1. The van der Waals surface area contributed by atoms with Gasteiger partial charge >= 0.3 is 5.97 Å². The van der Waals surface area contributed by atoms with Crippen molar-refractivity contribution in [1.82, 2.24) is 5.32 Å². The second-order valence-electron chi connectivity index (χ2n) is 5.67. The molecule has 1 aromatic carbocycles. The van der Waals surface area contributed by atoms with E-state index in [0.717, 1.165) is 0 Å². The second-order valence-corrected chi connectivity index (χ2v) is 7.47. The SMILES string of the molecule is CC(C)(C)SCC(=O)NC(CC(=O)O)c1ccc(F)cc1. The molecule has 4 nitrogen and oxygen atoms in total. The number of amides is 1. The van der Waals surface area contributed by atoms with E-state index < -0.39 is 17.8 Å². The van der Waals surface area contributed by atoms with Crippen LogP contribution in [0.5, 0.6) is 0 Å². The van der Waals surface area contributed by atoms with Crippen molar-refractivity contribution in [2.75, 3.05) is 5.75 Å². The number of carboxylic acid groups (broad SMARTS) is 1. The zero-order valence-corrected chi connectivity index (χ0v) is 13.2. The largest absolute Gasteiger partial charge is 0.481 e. The molecule has 0 bridgehead atoms. The molecule has 2 N–H and O–H groups in total. The molecular weight excluding hydrogens is 293 g/mol. The van der Waals surface area contributed by atoms with Crippen LogP contribution in [-0.4, -0.2) is 27.5 Å². The Morgan fingerprint density at radius 1 is 1.29 bits per heavy atom. The maximum Gasteiger partial charge on any atom is 0.305 e. The van der Waals surface area contributed by atoms with E-state index in [1.165, 1.54) is 36.0 Å². The minimum absolute atomic E-state index is 0.0461. The number of nitrogens with one attached hydrogen (secondary N) is 1. The van der Waals surface area contributed by atoms with Gasteiger partial charge in [0.1, 0.15) is 5.82 Å². The third-order valence-electron chi connectivity index (χ3n) is 2.62. The average Bonchev–Trinajstić information content (AvgIpc) is 2.35. The molecule has 0 saturated heterocycles. The van der Waals surface area contributed by atoms with Gasteiger partial charge in [0.2, 0.25) is 5.91 Å². The first-order valence-corrected chi connectivity index (χ1v) is 7.56. The van der Waals surface area contributed by atoms with E-state index in [1.807, 2.05) is 20.8 Å². The molecular formula is C15H20FNO3S. The quantitative estimate of drug-likeness (QED) is 0.847. The molecule has 1 aromatic rings. The van der Waals surface area contributed by atoms with Crippen molar-refractivity contribution in [3.05, 3.63) is 35.6 Å². The predicted molar refractivity (Wildman–Crippen MR) is 81.7 cm³/mol. The van der Waals surface area contributed by atoms with Crippen molar-refractivity contribution < 1.29 is 19.1 Å². The number of carbonyl (C=O) groups excluding carboxylic acids is 1. The van der Waals surface area contributed by atoms with Crippen molar-refractivity contribution in [3.8, 4) is 0 Å². The Balaban J connectivity index is 2.72. The van der Waals surface area contributed by atoms with Crippen LogP contribution in [0, 0.1) is 5.82 Å². The molecule has 6 heteroatoms. The van der Waals surface area contributed by atoms with Gasteiger partial charge in [-0.15, -0.1) is 11.8 Å². The number of benzene rings is 1. The summed E-state index contributed by atoms with van der Waals surface area (Å²) < 4.78 is 12.9. The molecule has 1 amide bonds. The van der Waals surface area contributed by atoms with E-state index in [1.54, 1.807) is 0 Å². The van der Waals surface area contributed by atoms with Gasteiger partial charge in [-0.1, -0.05) is 32.9 Å². The van der Waals surface area contributed by atoms with Gasteiger partial charge in [-0.25, -0.2) is 4.39 Å². The highest BCUT2D eigenvalue weighted by molar-refractivity contribution is 8.01. The van der Waals surface area contributed by atoms with Crippen LogP contribution >= 0.6 is 11.8 Å². The monoisotopic (exact) mass is 313 g/mol. The van der Waals surface area contributed by atoms with Crippen LogP contribution in [0.2, 0.25) is 0 Å². The Morgan fingerprint density at radius 2 is 1.86 bits per heavy atom. The normalized spacial score (nSPS) is 12.8. The fourth-order valence-electron chi connectivity index (χ4n) is 1.64. The van der Waals surface area contributed by atoms with Crippen molar-refractivity contribution in [2.24, 2.45) is 0 Å². The van der Waals surface area contributed by atoms with Crippen LogP contribution < -0.4 is 5.32 Å². The molecule has 0 aliphatic heterocycles. The zero-order chi connectivity index (χ0) is 16.0. The standard InChI is InChI=1S/C15H20FNO3S/c1-15(2,3)21-9-13(18)17-12(8-14(19)20)10-4-6-11(16)7-5-10/h4-7,12H,8-9H2,1-3H3,(H,17,18)(H,19,20). The van der Waals surface area contributed by atoms with Crippen LogP contribution in [0.4, 0.5) is 4.39 Å². The number of hydrogen-bond donors (Lipinski definition) is 2. The molecule has 1 unspecified atom stereocenters. The lowest BCUT2D eigenvalue weighted by Gasteiger charge is -2.20. The highest BCUT2D eigenvalue weighted by atomic mass is 32.2. The summed E-state index contributed by atoms with van der Waals surface area (Å²) in [6.07, 6.45) is -0.239. The lowest BCUT2D eigenvalue weighted by atomic mass is 10.0. The van der Waals surface area contributed by atoms with Crippen LogP contribution in [0.25, 0.3) is 0 Å². The van der Waals surface area contributed by atoms with Crippen molar-refractivity contribution >= 4 is 23.6 Å². The van der Waals surface area contributed by atoms with E-state index in [-0.39, 0.29) is 22.8 Å². The van der Waals surface area contributed by atoms with Crippen molar-refractivity contribution in [2.45, 2.75) is 38.0 Å². The molecule has 0 saturated carbocycles. The van der Waals surface area contributed by atoms with E-state index >= 15 is 0 Å². The Labute approximate surface area is 128 Å². The first-order valence-electron chi connectivity index (χ1n) is 6.58. The summed E-state index contributed by atoms with van der Waals surface area (Å²) in [4.78, 5) is 22.8. The Kier molecular flexibility index (Phi) is 6.20. The number of thioether (sulfide) groups is 1. The van der Waals surface area contributed by atoms with Gasteiger partial charge in [0, 0.05) is 4.75 Å². The Hall–Kier alpha value is -1.56. The Bertz CT molecular complexity index is 497. The van der Waals surface area contributed by atoms with Gasteiger partial charge in [0.05, 0.1) is 18.2 Å². The van der Waals surface area contributed by atoms with Crippen LogP contribution in [0.1, 0.15) is 38.8 Å². The minimum Gasteiger partial charge on any atom is -0.481 e. The first-order chi connectivity index (χ1) is 9.67. The fourth-order valence-corrected chi connectivity index (χ4v) is 2.29. The van der Waals surface area contributed by atoms with Crippen LogP contribution in [0.3, 0.4) is 0 Å². The van der Waals surface area contributed by atoms with Crippen LogP contribution in [0.15, 0.2) is 24.3 Å². The van der Waals surface area contributed by atoms with Crippen molar-refractivity contribution in [1.29, 1.82) is 0 Å². The first kappa shape index (κ1) is 17.5. The van der Waals surface area contributed by atoms with Gasteiger partial charge in [-0.05, 0) is 17.7 Å². The zero-order valence-electron chi connectivity index (χ0n) is 12.4. The summed E-state index contributed by atoms with van der Waals surface area (Å²) >= 11 is 1.48. The van der Waals surface area contributed by atoms with E-state index in [9.17, 15) is 14.0 Å². The summed E-state index contributed by atoms with van der Waals surface area (Å²) in [6.45, 7) is 6.00. The highest BCUT2D eigenvalue weighted by Gasteiger charge is 2.20. The summed E-state index contributed by atoms with van der Waals surface area (Å²) in [6, 6.07) is 4.82.